The van der Waals surface area contributed by atoms with Gasteiger partial charge < -0.3 is 10.1 Å². The van der Waals surface area contributed by atoms with Crippen LogP contribution in [0, 0.1) is 0 Å². The number of esters is 1. The number of ether oxygens (including phenoxy) is 1. The van der Waals surface area contributed by atoms with E-state index in [1.54, 1.807) is 20.3 Å². The number of carbonyl (C=O) groups excluding carboxylic acids is 2. The molecule has 2 rings (SSSR count). The van der Waals surface area contributed by atoms with E-state index in [2.05, 4.69) is 20.3 Å². The van der Waals surface area contributed by atoms with Gasteiger partial charge in [0.25, 0.3) is 5.91 Å². The lowest BCUT2D eigenvalue weighted by Crippen LogP contribution is -2.16. The topological polar surface area (TPSA) is 91.0 Å². The summed E-state index contributed by atoms with van der Waals surface area (Å²) < 4.78 is 7.49. The Morgan fingerprint density at radius 2 is 2.00 bits per heavy atom. The molecule has 0 aromatic carbocycles. The standard InChI is InChI=1S/C11H13N5O3/c1-15-6-7(4-12-15)10(17)14-8-5-13-16(2)9(8)11(18)19-3/h4-6H,1-3H3,(H,14,17). The number of nitrogens with one attached hydrogen (secondary N) is 1. The van der Waals surface area contributed by atoms with Crippen molar-refractivity contribution in [2.45, 2.75) is 0 Å². The molecule has 2 aromatic heterocycles. The highest BCUT2D eigenvalue weighted by Crippen LogP contribution is 2.16. The Morgan fingerprint density at radius 1 is 1.26 bits per heavy atom. The zero-order valence-corrected chi connectivity index (χ0v) is 10.7. The number of hydrogen-bond acceptors (Lipinski definition) is 5. The van der Waals surface area contributed by atoms with Crippen LogP contribution in [0.2, 0.25) is 0 Å². The van der Waals surface area contributed by atoms with Gasteiger partial charge in [-0.05, 0) is 0 Å². The molecule has 0 aliphatic carbocycles. The fourth-order valence-electron chi connectivity index (χ4n) is 1.60. The SMILES string of the molecule is COC(=O)c1c(NC(=O)c2cnn(C)c2)cnn1C. The van der Waals surface area contributed by atoms with E-state index in [1.807, 2.05) is 0 Å². The van der Waals surface area contributed by atoms with Gasteiger partial charge in [-0.3, -0.25) is 14.2 Å². The molecule has 0 fully saturated rings. The molecule has 0 bridgehead atoms. The summed E-state index contributed by atoms with van der Waals surface area (Å²) in [6, 6.07) is 0. The van der Waals surface area contributed by atoms with Crippen LogP contribution >= 0.6 is 0 Å². The van der Waals surface area contributed by atoms with Crippen molar-refractivity contribution in [2.75, 3.05) is 12.4 Å². The van der Waals surface area contributed by atoms with Crippen LogP contribution in [0.5, 0.6) is 0 Å². The molecule has 0 radical (unpaired) electrons. The van der Waals surface area contributed by atoms with Crippen LogP contribution in [0.4, 0.5) is 5.69 Å². The van der Waals surface area contributed by atoms with E-state index >= 15 is 0 Å². The second kappa shape index (κ2) is 4.92. The molecular formula is C11H13N5O3. The van der Waals surface area contributed by atoms with Gasteiger partial charge in [-0.2, -0.15) is 10.2 Å². The lowest BCUT2D eigenvalue weighted by molar-refractivity contribution is 0.0589. The smallest absolute Gasteiger partial charge is 0.358 e. The lowest BCUT2D eigenvalue weighted by Gasteiger charge is -2.04. The minimum atomic E-state index is -0.568. The minimum absolute atomic E-state index is 0.180. The molecule has 1 amide bonds. The molecule has 2 aromatic rings. The molecule has 100 valence electrons. The number of anilines is 1. The highest BCUT2D eigenvalue weighted by molar-refractivity contribution is 6.07. The van der Waals surface area contributed by atoms with Crippen molar-refractivity contribution in [2.24, 2.45) is 14.1 Å². The predicted molar refractivity (Wildman–Crippen MR) is 65.7 cm³/mol. The second-order valence-corrected chi connectivity index (χ2v) is 3.88. The number of aryl methyl sites for hydroxylation is 2. The van der Waals surface area contributed by atoms with Crippen LogP contribution in [0.3, 0.4) is 0 Å². The monoisotopic (exact) mass is 263 g/mol. The first kappa shape index (κ1) is 12.8. The Kier molecular flexibility index (Phi) is 3.32. The number of carbonyl (C=O) groups is 2. The van der Waals surface area contributed by atoms with Gasteiger partial charge in [0.1, 0.15) is 0 Å². The van der Waals surface area contributed by atoms with Gasteiger partial charge in [0.05, 0.1) is 30.8 Å². The Balaban J connectivity index is 2.24. The van der Waals surface area contributed by atoms with Crippen molar-refractivity contribution in [3.8, 4) is 0 Å². The molecule has 2 heterocycles. The van der Waals surface area contributed by atoms with E-state index in [9.17, 15) is 9.59 Å². The summed E-state index contributed by atoms with van der Waals surface area (Å²) in [6.45, 7) is 0. The van der Waals surface area contributed by atoms with E-state index in [0.29, 0.717) is 11.3 Å². The largest absolute Gasteiger partial charge is 0.464 e. The van der Waals surface area contributed by atoms with Gasteiger partial charge in [-0.25, -0.2) is 4.79 Å². The van der Waals surface area contributed by atoms with Crippen LogP contribution in [0.15, 0.2) is 18.6 Å². The number of aromatic nitrogens is 4. The predicted octanol–water partition coefficient (Wildman–Crippen LogP) is 0.192. The first-order valence-electron chi connectivity index (χ1n) is 5.43. The molecule has 8 heteroatoms. The summed E-state index contributed by atoms with van der Waals surface area (Å²) in [4.78, 5) is 23.5. The van der Waals surface area contributed by atoms with Crippen LogP contribution < -0.4 is 5.32 Å². The van der Waals surface area contributed by atoms with E-state index in [4.69, 9.17) is 0 Å². The maximum absolute atomic E-state index is 11.9. The normalized spacial score (nSPS) is 10.3. The number of amides is 1. The van der Waals surface area contributed by atoms with Gasteiger partial charge in [0.15, 0.2) is 5.69 Å². The van der Waals surface area contributed by atoms with Crippen LogP contribution in [-0.4, -0.2) is 38.5 Å². The van der Waals surface area contributed by atoms with E-state index < -0.39 is 5.97 Å². The maximum atomic E-state index is 11.9. The van der Waals surface area contributed by atoms with Gasteiger partial charge in [-0.1, -0.05) is 0 Å². The maximum Gasteiger partial charge on any atom is 0.358 e. The number of methoxy groups -OCH3 is 1. The first-order chi connectivity index (χ1) is 9.02. The van der Waals surface area contributed by atoms with Crippen molar-refractivity contribution in [1.29, 1.82) is 0 Å². The summed E-state index contributed by atoms with van der Waals surface area (Å²) in [6.07, 6.45) is 4.40. The van der Waals surface area contributed by atoms with Gasteiger partial charge >= 0.3 is 5.97 Å². The van der Waals surface area contributed by atoms with E-state index in [0.717, 1.165) is 0 Å². The number of hydrogen-bond donors (Lipinski definition) is 1. The lowest BCUT2D eigenvalue weighted by atomic mass is 10.3. The fraction of sp³-hybridized carbons (Fsp3) is 0.273. The number of rotatable bonds is 3. The van der Waals surface area contributed by atoms with E-state index in [1.165, 1.54) is 28.9 Å². The van der Waals surface area contributed by atoms with Gasteiger partial charge in [0, 0.05) is 20.3 Å². The first-order valence-corrected chi connectivity index (χ1v) is 5.43. The van der Waals surface area contributed by atoms with Crippen molar-refractivity contribution >= 4 is 17.6 Å². The van der Waals surface area contributed by atoms with Crippen molar-refractivity contribution in [3.63, 3.8) is 0 Å². The summed E-state index contributed by atoms with van der Waals surface area (Å²) in [7, 11) is 4.56. The Morgan fingerprint density at radius 3 is 2.58 bits per heavy atom. The highest BCUT2D eigenvalue weighted by atomic mass is 16.5. The molecule has 0 spiro atoms. The summed E-state index contributed by atoms with van der Waals surface area (Å²) in [5.74, 6) is -0.937. The second-order valence-electron chi connectivity index (χ2n) is 3.88. The summed E-state index contributed by atoms with van der Waals surface area (Å²) >= 11 is 0. The molecule has 0 atom stereocenters. The average Bonchev–Trinajstić information content (AvgIpc) is 2.95. The molecule has 0 saturated carbocycles. The Bertz CT molecular complexity index is 628. The van der Waals surface area contributed by atoms with Crippen molar-refractivity contribution in [3.05, 3.63) is 29.8 Å². The molecular weight excluding hydrogens is 250 g/mol. The average molecular weight is 263 g/mol. The van der Waals surface area contributed by atoms with E-state index in [-0.39, 0.29) is 11.6 Å². The molecule has 19 heavy (non-hydrogen) atoms. The third kappa shape index (κ3) is 2.46. The van der Waals surface area contributed by atoms with Crippen molar-refractivity contribution < 1.29 is 14.3 Å². The third-order valence-electron chi connectivity index (χ3n) is 2.53. The third-order valence-corrected chi connectivity index (χ3v) is 2.53. The molecule has 0 aliphatic heterocycles. The summed E-state index contributed by atoms with van der Waals surface area (Å²) in [5, 5.41) is 10.4. The van der Waals surface area contributed by atoms with Gasteiger partial charge in [-0.15, -0.1) is 0 Å². The fourth-order valence-corrected chi connectivity index (χ4v) is 1.60. The van der Waals surface area contributed by atoms with Crippen LogP contribution in [-0.2, 0) is 18.8 Å². The zero-order chi connectivity index (χ0) is 14.0. The molecule has 1 N–H and O–H groups in total. The Hall–Kier alpha value is -2.64. The molecule has 8 nitrogen and oxygen atoms in total. The molecule has 0 saturated heterocycles. The van der Waals surface area contributed by atoms with Gasteiger partial charge in [0.2, 0.25) is 0 Å². The minimum Gasteiger partial charge on any atom is -0.464 e. The number of nitrogens with zero attached hydrogens (tertiary/aromatic N) is 4. The zero-order valence-electron chi connectivity index (χ0n) is 10.7. The van der Waals surface area contributed by atoms with Crippen LogP contribution in [0.1, 0.15) is 20.8 Å². The quantitative estimate of drug-likeness (QED) is 0.798. The van der Waals surface area contributed by atoms with Crippen molar-refractivity contribution in [1.82, 2.24) is 19.6 Å². The highest BCUT2D eigenvalue weighted by Gasteiger charge is 2.20. The summed E-state index contributed by atoms with van der Waals surface area (Å²) in [5.41, 5.74) is 0.866. The van der Waals surface area contributed by atoms with Crippen LogP contribution in [0.25, 0.3) is 0 Å². The molecule has 0 aliphatic rings. The Labute approximate surface area is 109 Å². The molecule has 0 unspecified atom stereocenters.